The van der Waals surface area contributed by atoms with Crippen LogP contribution in [0.4, 0.5) is 5.13 Å². The summed E-state index contributed by atoms with van der Waals surface area (Å²) in [6.07, 6.45) is 4.09. The lowest BCUT2D eigenvalue weighted by molar-refractivity contribution is 0.0498. The van der Waals surface area contributed by atoms with Gasteiger partial charge in [-0.25, -0.2) is 4.98 Å². The minimum Gasteiger partial charge on any atom is -0.387 e. The van der Waals surface area contributed by atoms with Gasteiger partial charge in [-0.2, -0.15) is 0 Å². The number of aliphatic hydroxyl groups excluding tert-OH is 1. The molecule has 0 saturated carbocycles. The number of hydrogen-bond donors (Lipinski definition) is 1. The van der Waals surface area contributed by atoms with Crippen molar-refractivity contribution in [2.24, 2.45) is 5.92 Å². The van der Waals surface area contributed by atoms with Gasteiger partial charge in [0.1, 0.15) is 0 Å². The van der Waals surface area contributed by atoms with Crippen molar-refractivity contribution in [1.82, 2.24) is 4.98 Å². The van der Waals surface area contributed by atoms with Crippen LogP contribution in [-0.4, -0.2) is 36.4 Å². The number of aryl methyl sites for hydroxylation is 1. The topological polar surface area (TPSA) is 45.6 Å². The van der Waals surface area contributed by atoms with Gasteiger partial charge in [-0.05, 0) is 31.6 Å². The van der Waals surface area contributed by atoms with E-state index in [9.17, 15) is 5.11 Å². The lowest BCUT2D eigenvalue weighted by atomic mass is 9.96. The molecule has 3 atom stereocenters. The first-order chi connectivity index (χ1) is 9.19. The van der Waals surface area contributed by atoms with Crippen LogP contribution in [0, 0.1) is 5.92 Å². The van der Waals surface area contributed by atoms with Crippen LogP contribution in [0.1, 0.15) is 42.9 Å². The average molecular weight is 282 g/mol. The van der Waals surface area contributed by atoms with Crippen molar-refractivity contribution in [2.45, 2.75) is 44.8 Å². The van der Waals surface area contributed by atoms with Crippen LogP contribution < -0.4 is 4.90 Å². The first kappa shape index (κ1) is 13.3. The Balaban J connectivity index is 1.79. The molecule has 5 heteroatoms. The van der Waals surface area contributed by atoms with E-state index in [4.69, 9.17) is 4.74 Å². The van der Waals surface area contributed by atoms with E-state index < -0.39 is 0 Å². The fourth-order valence-corrected chi connectivity index (χ4v) is 4.22. The number of aromatic nitrogens is 1. The maximum absolute atomic E-state index is 10.0. The van der Waals surface area contributed by atoms with Gasteiger partial charge in [0.05, 0.1) is 17.9 Å². The van der Waals surface area contributed by atoms with E-state index in [0.29, 0.717) is 12.0 Å². The predicted octanol–water partition coefficient (Wildman–Crippen LogP) is 2.37. The lowest BCUT2D eigenvalue weighted by Gasteiger charge is -2.36. The second-order valence-corrected chi connectivity index (χ2v) is 6.76. The minimum absolute atomic E-state index is 0.291. The Morgan fingerprint density at radius 1 is 1.42 bits per heavy atom. The molecule has 3 unspecified atom stereocenters. The molecule has 0 spiro atoms. The van der Waals surface area contributed by atoms with E-state index in [0.717, 1.165) is 49.6 Å². The van der Waals surface area contributed by atoms with E-state index in [2.05, 4.69) is 16.8 Å². The average Bonchev–Trinajstić information content (AvgIpc) is 2.85. The van der Waals surface area contributed by atoms with Gasteiger partial charge in [-0.1, -0.05) is 6.92 Å². The standard InChI is InChI=1S/C14H22N2O2S/c1-9-6-7-16(8-11(9)18-2)14-15-13-10(17)4-3-5-12(13)19-14/h9-11,17H,3-8H2,1-2H3. The van der Waals surface area contributed by atoms with E-state index in [-0.39, 0.29) is 6.10 Å². The molecule has 0 aromatic carbocycles. The quantitative estimate of drug-likeness (QED) is 0.904. The van der Waals surface area contributed by atoms with Crippen LogP contribution in [0.2, 0.25) is 0 Å². The number of nitrogens with zero attached hydrogens (tertiary/aromatic N) is 2. The SMILES string of the molecule is COC1CN(c2nc3c(s2)CCCC3O)CCC1C. The summed E-state index contributed by atoms with van der Waals surface area (Å²) < 4.78 is 5.56. The third kappa shape index (κ3) is 2.51. The van der Waals surface area contributed by atoms with Crippen molar-refractivity contribution >= 4 is 16.5 Å². The molecule has 0 radical (unpaired) electrons. The van der Waals surface area contributed by atoms with Crippen molar-refractivity contribution in [3.05, 3.63) is 10.6 Å². The van der Waals surface area contributed by atoms with Crippen molar-refractivity contribution in [1.29, 1.82) is 0 Å². The molecule has 1 saturated heterocycles. The zero-order chi connectivity index (χ0) is 13.4. The van der Waals surface area contributed by atoms with Crippen LogP contribution in [0.5, 0.6) is 0 Å². The molecular weight excluding hydrogens is 260 g/mol. The highest BCUT2D eigenvalue weighted by Gasteiger charge is 2.30. The van der Waals surface area contributed by atoms with Crippen molar-refractivity contribution in [3.63, 3.8) is 0 Å². The molecule has 1 aromatic rings. The number of anilines is 1. The first-order valence-electron chi connectivity index (χ1n) is 7.14. The Morgan fingerprint density at radius 3 is 3.00 bits per heavy atom. The number of thiazole rings is 1. The van der Waals surface area contributed by atoms with E-state index >= 15 is 0 Å². The maximum atomic E-state index is 10.0. The highest BCUT2D eigenvalue weighted by Crippen LogP contribution is 2.37. The van der Waals surface area contributed by atoms with Crippen molar-refractivity contribution < 1.29 is 9.84 Å². The zero-order valence-electron chi connectivity index (χ0n) is 11.6. The molecule has 1 N–H and O–H groups in total. The molecule has 106 valence electrons. The molecule has 2 aliphatic rings. The summed E-state index contributed by atoms with van der Waals surface area (Å²) in [5, 5.41) is 11.1. The fraction of sp³-hybridized carbons (Fsp3) is 0.786. The van der Waals surface area contributed by atoms with Gasteiger partial charge in [0.2, 0.25) is 0 Å². The molecule has 1 fully saturated rings. The molecular formula is C14H22N2O2S. The summed E-state index contributed by atoms with van der Waals surface area (Å²) in [6.45, 7) is 4.21. The smallest absolute Gasteiger partial charge is 0.185 e. The predicted molar refractivity (Wildman–Crippen MR) is 76.8 cm³/mol. The Morgan fingerprint density at radius 2 is 2.26 bits per heavy atom. The number of piperidine rings is 1. The fourth-order valence-electron chi connectivity index (χ4n) is 3.03. The minimum atomic E-state index is -0.351. The number of rotatable bonds is 2. The summed E-state index contributed by atoms with van der Waals surface area (Å²) in [6, 6.07) is 0. The van der Waals surface area contributed by atoms with Gasteiger partial charge in [-0.15, -0.1) is 11.3 Å². The third-order valence-corrected chi connectivity index (χ3v) is 5.57. The van der Waals surface area contributed by atoms with Gasteiger partial charge >= 0.3 is 0 Å². The second-order valence-electron chi connectivity index (χ2n) is 5.70. The Bertz CT molecular complexity index is 449. The summed E-state index contributed by atoms with van der Waals surface area (Å²) in [5.74, 6) is 0.612. The van der Waals surface area contributed by atoms with Gasteiger partial charge in [0.25, 0.3) is 0 Å². The number of hydrogen-bond acceptors (Lipinski definition) is 5. The molecule has 1 aromatic heterocycles. The highest BCUT2D eigenvalue weighted by atomic mass is 32.1. The Labute approximate surface area is 118 Å². The Hall–Kier alpha value is -0.650. The first-order valence-corrected chi connectivity index (χ1v) is 7.96. The summed E-state index contributed by atoms with van der Waals surface area (Å²) in [4.78, 5) is 8.29. The third-order valence-electron chi connectivity index (χ3n) is 4.38. The molecule has 1 aliphatic carbocycles. The normalized spacial score (nSPS) is 31.3. The van der Waals surface area contributed by atoms with Crippen LogP contribution in [0.3, 0.4) is 0 Å². The largest absolute Gasteiger partial charge is 0.387 e. The molecule has 19 heavy (non-hydrogen) atoms. The highest BCUT2D eigenvalue weighted by molar-refractivity contribution is 7.15. The van der Waals surface area contributed by atoms with Crippen LogP contribution in [0.25, 0.3) is 0 Å². The van der Waals surface area contributed by atoms with Crippen molar-refractivity contribution in [3.8, 4) is 0 Å². The summed E-state index contributed by atoms with van der Waals surface area (Å²) in [7, 11) is 1.79. The molecule has 1 aliphatic heterocycles. The van der Waals surface area contributed by atoms with Crippen molar-refractivity contribution in [2.75, 3.05) is 25.1 Å². The molecule has 4 nitrogen and oxygen atoms in total. The van der Waals surface area contributed by atoms with E-state index in [1.54, 1.807) is 18.4 Å². The lowest BCUT2D eigenvalue weighted by Crippen LogP contribution is -2.43. The summed E-state index contributed by atoms with van der Waals surface area (Å²) >= 11 is 1.76. The van der Waals surface area contributed by atoms with Gasteiger partial charge in [0.15, 0.2) is 5.13 Å². The number of ether oxygens (including phenoxy) is 1. The number of methoxy groups -OCH3 is 1. The van der Waals surface area contributed by atoms with Crippen LogP contribution in [-0.2, 0) is 11.2 Å². The molecule has 2 heterocycles. The van der Waals surface area contributed by atoms with Crippen LogP contribution >= 0.6 is 11.3 Å². The number of aliphatic hydroxyl groups is 1. The summed E-state index contributed by atoms with van der Waals surface area (Å²) in [5.41, 5.74) is 0.929. The second kappa shape index (κ2) is 5.38. The van der Waals surface area contributed by atoms with E-state index in [1.165, 1.54) is 4.88 Å². The maximum Gasteiger partial charge on any atom is 0.185 e. The Kier molecular flexibility index (Phi) is 3.78. The molecule has 3 rings (SSSR count). The van der Waals surface area contributed by atoms with Gasteiger partial charge in [-0.3, -0.25) is 0 Å². The van der Waals surface area contributed by atoms with Crippen LogP contribution in [0.15, 0.2) is 0 Å². The van der Waals surface area contributed by atoms with E-state index in [1.807, 2.05) is 0 Å². The zero-order valence-corrected chi connectivity index (χ0v) is 12.4. The molecule has 0 amide bonds. The molecule has 0 bridgehead atoms. The monoisotopic (exact) mass is 282 g/mol. The number of fused-ring (bicyclic) bond motifs is 1. The van der Waals surface area contributed by atoms with Gasteiger partial charge < -0.3 is 14.7 Å². The van der Waals surface area contributed by atoms with Gasteiger partial charge in [0, 0.05) is 25.1 Å².